The third-order valence-electron chi connectivity index (χ3n) is 5.66. The number of imidazole rings is 1. The molecular formula is C20H22ClN5O2. The largest absolute Gasteiger partial charge is 0.493 e. The molecule has 0 aliphatic carbocycles. The van der Waals surface area contributed by atoms with E-state index in [9.17, 15) is 0 Å². The average Bonchev–Trinajstić information content (AvgIpc) is 3.41. The molecule has 1 saturated heterocycles. The van der Waals surface area contributed by atoms with Gasteiger partial charge in [-0.15, -0.1) is 5.10 Å². The van der Waals surface area contributed by atoms with E-state index in [2.05, 4.69) is 33.1 Å². The Morgan fingerprint density at radius 3 is 3.14 bits per heavy atom. The first kappa shape index (κ1) is 17.7. The minimum absolute atomic E-state index is 0.290. The van der Waals surface area contributed by atoms with E-state index in [1.807, 2.05) is 12.1 Å². The first-order valence-electron chi connectivity index (χ1n) is 9.66. The van der Waals surface area contributed by atoms with Crippen LogP contribution < -0.4 is 9.47 Å². The van der Waals surface area contributed by atoms with Crippen molar-refractivity contribution in [2.24, 2.45) is 0 Å². The second kappa shape index (κ2) is 7.22. The zero-order chi connectivity index (χ0) is 19.1. The lowest BCUT2D eigenvalue weighted by Gasteiger charge is -2.18. The van der Waals surface area contributed by atoms with Gasteiger partial charge in [-0.05, 0) is 38.1 Å². The SMILES string of the molecule is CN1CCC[C@H]1COc1nc(Cl)c2ncc(Cc3cccc4c3CCO4)n2n1. The van der Waals surface area contributed by atoms with E-state index in [0.717, 1.165) is 37.4 Å². The normalized spacial score (nSPS) is 19.1. The van der Waals surface area contributed by atoms with Crippen LogP contribution in [-0.4, -0.2) is 57.3 Å². The molecule has 3 aromatic rings. The highest BCUT2D eigenvalue weighted by molar-refractivity contribution is 6.32. The van der Waals surface area contributed by atoms with Crippen LogP contribution in [0.25, 0.3) is 5.65 Å². The van der Waals surface area contributed by atoms with Crippen LogP contribution in [0.3, 0.4) is 0 Å². The second-order valence-corrected chi connectivity index (χ2v) is 7.78. The first-order valence-corrected chi connectivity index (χ1v) is 10.0. The Morgan fingerprint density at radius 1 is 1.36 bits per heavy atom. The lowest BCUT2D eigenvalue weighted by Crippen LogP contribution is -2.31. The highest BCUT2D eigenvalue weighted by Gasteiger charge is 2.23. The summed E-state index contributed by atoms with van der Waals surface area (Å²) in [6, 6.07) is 6.86. The van der Waals surface area contributed by atoms with Gasteiger partial charge in [0, 0.05) is 24.4 Å². The molecular weight excluding hydrogens is 378 g/mol. The number of hydrogen-bond donors (Lipinski definition) is 0. The molecule has 0 N–H and O–H groups in total. The molecule has 5 rings (SSSR count). The van der Waals surface area contributed by atoms with Crippen LogP contribution in [-0.2, 0) is 12.8 Å². The zero-order valence-corrected chi connectivity index (χ0v) is 16.5. The average molecular weight is 400 g/mol. The van der Waals surface area contributed by atoms with Crippen LogP contribution in [0.4, 0.5) is 0 Å². The minimum atomic E-state index is 0.290. The van der Waals surface area contributed by atoms with Gasteiger partial charge in [0.2, 0.25) is 0 Å². The summed E-state index contributed by atoms with van der Waals surface area (Å²) >= 11 is 6.35. The fourth-order valence-corrected chi connectivity index (χ4v) is 4.27. The summed E-state index contributed by atoms with van der Waals surface area (Å²) in [5.41, 5.74) is 3.98. The number of rotatable bonds is 5. The van der Waals surface area contributed by atoms with Gasteiger partial charge >= 0.3 is 6.01 Å². The number of likely N-dealkylation sites (N-methyl/N-ethyl adjacent to an activating group) is 1. The van der Waals surface area contributed by atoms with Crippen molar-refractivity contribution in [2.45, 2.75) is 31.7 Å². The highest BCUT2D eigenvalue weighted by atomic mass is 35.5. The van der Waals surface area contributed by atoms with E-state index in [4.69, 9.17) is 21.1 Å². The standard InChI is InChI=1S/C20H22ClN5O2/c1-25-8-3-5-14(25)12-28-20-23-18(21)19-22-11-15(26(19)24-20)10-13-4-2-6-17-16(13)7-9-27-17/h2,4,6,11,14H,3,5,7-10,12H2,1H3/t14-/m0/s1. The second-order valence-electron chi connectivity index (χ2n) is 7.43. The van der Waals surface area contributed by atoms with E-state index < -0.39 is 0 Å². The molecule has 0 spiro atoms. The molecule has 4 heterocycles. The molecule has 0 saturated carbocycles. The zero-order valence-electron chi connectivity index (χ0n) is 15.8. The molecule has 7 nitrogen and oxygen atoms in total. The smallest absolute Gasteiger partial charge is 0.335 e. The minimum Gasteiger partial charge on any atom is -0.493 e. The van der Waals surface area contributed by atoms with Gasteiger partial charge in [-0.25, -0.2) is 9.50 Å². The number of aromatic nitrogens is 4. The van der Waals surface area contributed by atoms with Crippen molar-refractivity contribution in [1.82, 2.24) is 24.5 Å². The summed E-state index contributed by atoms with van der Waals surface area (Å²) in [7, 11) is 2.12. The Labute approximate surface area is 168 Å². The van der Waals surface area contributed by atoms with Gasteiger partial charge in [-0.3, -0.25) is 0 Å². The number of halogens is 1. The predicted octanol–water partition coefficient (Wildman–Crippen LogP) is 2.78. The van der Waals surface area contributed by atoms with Crippen molar-refractivity contribution < 1.29 is 9.47 Å². The fourth-order valence-electron chi connectivity index (χ4n) is 4.07. The summed E-state index contributed by atoms with van der Waals surface area (Å²) in [6.07, 6.45) is 5.76. The summed E-state index contributed by atoms with van der Waals surface area (Å²) in [4.78, 5) is 11.0. The third kappa shape index (κ3) is 3.18. The van der Waals surface area contributed by atoms with Crippen LogP contribution in [0.5, 0.6) is 11.8 Å². The van der Waals surface area contributed by atoms with Crippen LogP contribution in [0.1, 0.15) is 29.7 Å². The molecule has 0 bridgehead atoms. The Balaban J connectivity index is 1.42. The summed E-state index contributed by atoms with van der Waals surface area (Å²) in [5, 5.41) is 4.86. The monoisotopic (exact) mass is 399 g/mol. The number of fused-ring (bicyclic) bond motifs is 2. The van der Waals surface area contributed by atoms with Crippen LogP contribution in [0.15, 0.2) is 24.4 Å². The molecule has 146 valence electrons. The Morgan fingerprint density at radius 2 is 2.29 bits per heavy atom. The van der Waals surface area contributed by atoms with Gasteiger partial charge in [0.15, 0.2) is 10.8 Å². The van der Waals surface area contributed by atoms with E-state index in [0.29, 0.717) is 35.9 Å². The van der Waals surface area contributed by atoms with Crippen molar-refractivity contribution in [2.75, 3.05) is 26.8 Å². The Bertz CT molecular complexity index is 1020. The summed E-state index contributed by atoms with van der Waals surface area (Å²) in [6.45, 7) is 2.40. The van der Waals surface area contributed by atoms with Crippen molar-refractivity contribution in [3.8, 4) is 11.8 Å². The van der Waals surface area contributed by atoms with Crippen molar-refractivity contribution in [1.29, 1.82) is 0 Å². The molecule has 2 aliphatic rings. The van der Waals surface area contributed by atoms with Gasteiger partial charge in [0.25, 0.3) is 0 Å². The van der Waals surface area contributed by atoms with E-state index in [1.165, 1.54) is 17.5 Å². The van der Waals surface area contributed by atoms with Gasteiger partial charge in [0.05, 0.1) is 18.5 Å². The fraction of sp³-hybridized carbons (Fsp3) is 0.450. The molecule has 2 aliphatic heterocycles. The lowest BCUT2D eigenvalue weighted by molar-refractivity contribution is 0.185. The third-order valence-corrected chi connectivity index (χ3v) is 5.91. The molecule has 8 heteroatoms. The summed E-state index contributed by atoms with van der Waals surface area (Å²) < 4.78 is 13.3. The van der Waals surface area contributed by atoms with Gasteiger partial charge < -0.3 is 14.4 Å². The highest BCUT2D eigenvalue weighted by Crippen LogP contribution is 2.30. The number of likely N-dealkylation sites (tertiary alicyclic amines) is 1. The number of benzene rings is 1. The Hall–Kier alpha value is -2.38. The maximum Gasteiger partial charge on any atom is 0.335 e. The van der Waals surface area contributed by atoms with Crippen LogP contribution >= 0.6 is 11.6 Å². The number of hydrogen-bond acceptors (Lipinski definition) is 6. The van der Waals surface area contributed by atoms with E-state index >= 15 is 0 Å². The quantitative estimate of drug-likeness (QED) is 0.657. The predicted molar refractivity (Wildman–Crippen MR) is 105 cm³/mol. The topological polar surface area (TPSA) is 64.8 Å². The van der Waals surface area contributed by atoms with Gasteiger partial charge in [-0.1, -0.05) is 23.7 Å². The molecule has 0 radical (unpaired) electrons. The maximum absolute atomic E-state index is 6.35. The molecule has 2 aromatic heterocycles. The first-order chi connectivity index (χ1) is 13.7. The maximum atomic E-state index is 6.35. The Kier molecular flexibility index (Phi) is 4.56. The molecule has 1 aromatic carbocycles. The molecule has 28 heavy (non-hydrogen) atoms. The molecule has 0 amide bonds. The van der Waals surface area contributed by atoms with Crippen LogP contribution in [0, 0.1) is 0 Å². The summed E-state index contributed by atoms with van der Waals surface area (Å²) in [5.74, 6) is 0.976. The number of ether oxygens (including phenoxy) is 2. The molecule has 1 atom stereocenters. The lowest BCUT2D eigenvalue weighted by atomic mass is 10.0. The van der Waals surface area contributed by atoms with Crippen molar-refractivity contribution in [3.05, 3.63) is 46.4 Å². The number of nitrogens with zero attached hydrogens (tertiary/aromatic N) is 5. The van der Waals surface area contributed by atoms with Crippen molar-refractivity contribution in [3.63, 3.8) is 0 Å². The van der Waals surface area contributed by atoms with Crippen molar-refractivity contribution >= 4 is 17.2 Å². The van der Waals surface area contributed by atoms with Gasteiger partial charge in [-0.2, -0.15) is 4.98 Å². The van der Waals surface area contributed by atoms with E-state index in [1.54, 1.807) is 10.7 Å². The van der Waals surface area contributed by atoms with E-state index in [-0.39, 0.29) is 0 Å². The van der Waals surface area contributed by atoms with Crippen LogP contribution in [0.2, 0.25) is 5.15 Å². The molecule has 0 unspecified atom stereocenters. The van der Waals surface area contributed by atoms with Gasteiger partial charge in [0.1, 0.15) is 12.4 Å². The molecule has 1 fully saturated rings.